The van der Waals surface area contributed by atoms with Crippen LogP contribution >= 0.6 is 0 Å². The van der Waals surface area contributed by atoms with Gasteiger partial charge in [-0.3, -0.25) is 20.2 Å². The Morgan fingerprint density at radius 3 is 1.97 bits per heavy atom. The first-order chi connectivity index (χ1) is 18.8. The summed E-state index contributed by atoms with van der Waals surface area (Å²) in [7, 11) is 0. The topological polar surface area (TPSA) is 176 Å². The maximum atomic E-state index is 12.5. The molecule has 0 radical (unpaired) electrons. The van der Waals surface area contributed by atoms with E-state index in [0.717, 1.165) is 0 Å². The van der Waals surface area contributed by atoms with Crippen molar-refractivity contribution in [2.45, 2.75) is 0 Å². The summed E-state index contributed by atoms with van der Waals surface area (Å²) in [6.07, 6.45) is 6.30. The van der Waals surface area contributed by atoms with E-state index in [9.17, 15) is 30.3 Å². The molecule has 4 aromatic rings. The van der Waals surface area contributed by atoms with Gasteiger partial charge in [0.1, 0.15) is 11.2 Å². The van der Waals surface area contributed by atoms with Crippen LogP contribution in [0.5, 0.6) is 0 Å². The Morgan fingerprint density at radius 2 is 1.31 bits per heavy atom. The van der Waals surface area contributed by atoms with Crippen molar-refractivity contribution in [3.63, 3.8) is 0 Å². The first-order valence-electron chi connectivity index (χ1n) is 11.5. The summed E-state index contributed by atoms with van der Waals surface area (Å²) in [5.41, 5.74) is -0.368. The smallest absolute Gasteiger partial charge is 0.331 e. The van der Waals surface area contributed by atoms with E-state index < -0.39 is 31.8 Å². The van der Waals surface area contributed by atoms with E-state index in [-0.39, 0.29) is 22.3 Å². The van der Waals surface area contributed by atoms with Crippen molar-refractivity contribution < 1.29 is 14.9 Å². The Balaban J connectivity index is 1.94. The molecule has 190 valence electrons. The molecule has 39 heavy (non-hydrogen) atoms. The molecule has 0 amide bonds. The average Bonchev–Trinajstić information content (AvgIpc) is 3.68. The van der Waals surface area contributed by atoms with Gasteiger partial charge >= 0.3 is 11.4 Å². The predicted octanol–water partition coefficient (Wildman–Crippen LogP) is 5.65. The summed E-state index contributed by atoms with van der Waals surface area (Å²) in [5.74, 6) is 0. The van der Waals surface area contributed by atoms with Gasteiger partial charge < -0.3 is 4.98 Å². The Hall–Kier alpha value is -5.98. The number of hydrogen-bond donors (Lipinski definition) is 1. The van der Waals surface area contributed by atoms with Gasteiger partial charge in [0.15, 0.2) is 5.03 Å². The molecule has 0 spiro atoms. The fourth-order valence-electron chi connectivity index (χ4n) is 4.65. The van der Waals surface area contributed by atoms with Crippen LogP contribution in [-0.4, -0.2) is 34.5 Å². The van der Waals surface area contributed by atoms with E-state index in [2.05, 4.69) is 15.0 Å². The third kappa shape index (κ3) is 3.99. The molecule has 1 N–H and O–H groups in total. The molecule has 0 unspecified atom stereocenters. The van der Waals surface area contributed by atoms with E-state index in [1.165, 1.54) is 18.2 Å². The fraction of sp³-hybridized carbons (Fsp3) is 0. The Kier molecular flexibility index (Phi) is 5.31. The third-order valence-electron chi connectivity index (χ3n) is 6.18. The van der Waals surface area contributed by atoms with E-state index in [1.807, 2.05) is 0 Å². The van der Waals surface area contributed by atoms with Crippen molar-refractivity contribution in [1.82, 2.24) is 19.6 Å². The van der Waals surface area contributed by atoms with Crippen LogP contribution < -0.4 is 0 Å². The second-order valence-electron chi connectivity index (χ2n) is 8.59. The number of fused-ring (bicyclic) bond motifs is 8. The van der Waals surface area contributed by atoms with Crippen molar-refractivity contribution in [1.29, 1.82) is 0 Å². The van der Waals surface area contributed by atoms with Crippen LogP contribution in [0, 0.1) is 30.3 Å². The molecule has 2 aliphatic heterocycles. The molecule has 1 aromatic carbocycles. The fourth-order valence-corrected chi connectivity index (χ4v) is 4.65. The second-order valence-corrected chi connectivity index (χ2v) is 8.59. The summed E-state index contributed by atoms with van der Waals surface area (Å²) in [6.45, 7) is 0. The van der Waals surface area contributed by atoms with Gasteiger partial charge in [-0.25, -0.2) is 20.1 Å². The zero-order chi connectivity index (χ0) is 27.3. The summed E-state index contributed by atoms with van der Waals surface area (Å²) < 4.78 is 0.386. The largest absolute Gasteiger partial charge is 0.355 e. The quantitative estimate of drug-likeness (QED) is 0.228. The second kappa shape index (κ2) is 8.85. The minimum Gasteiger partial charge on any atom is -0.355 e. The highest BCUT2D eigenvalue weighted by Gasteiger charge is 2.39. The number of nitrogens with one attached hydrogen (secondary N) is 1. The van der Waals surface area contributed by atoms with Crippen LogP contribution in [0.15, 0.2) is 60.7 Å². The van der Waals surface area contributed by atoms with E-state index in [0.29, 0.717) is 32.8 Å². The van der Waals surface area contributed by atoms with Crippen LogP contribution in [0.1, 0.15) is 22.8 Å². The molecule has 0 atom stereocenters. The number of H-pyrrole nitrogens is 1. The normalized spacial score (nSPS) is 12.0. The zero-order valence-corrected chi connectivity index (χ0v) is 19.7. The summed E-state index contributed by atoms with van der Waals surface area (Å²) in [5, 5.41) is 36.5. The molecule has 0 saturated heterocycles. The molecule has 0 aliphatic carbocycles. The highest BCUT2D eigenvalue weighted by molar-refractivity contribution is 6.02. The van der Waals surface area contributed by atoms with Gasteiger partial charge in [0.2, 0.25) is 0 Å². The average molecular weight is 521 g/mol. The SMILES string of the molecule is O=[N+]([O-])c1c2nc(cc3nc(cc4ccc(cc5c(-c6ccccc6)c([N+](=O)[O-])c1n5[N+](=O)[O-])[nH]4)C=C3)C=C2. The lowest BCUT2D eigenvalue weighted by molar-refractivity contribution is -0.534. The predicted molar refractivity (Wildman–Crippen MR) is 144 cm³/mol. The molecule has 6 rings (SSSR count). The van der Waals surface area contributed by atoms with Gasteiger partial charge in [-0.05, 0) is 64.9 Å². The molecule has 8 bridgehead atoms. The highest BCUT2D eigenvalue weighted by atomic mass is 16.7. The van der Waals surface area contributed by atoms with E-state index >= 15 is 0 Å². The van der Waals surface area contributed by atoms with Crippen LogP contribution in [0.4, 0.5) is 11.4 Å². The van der Waals surface area contributed by atoms with Gasteiger partial charge in [0, 0.05) is 11.0 Å². The summed E-state index contributed by atoms with van der Waals surface area (Å²) in [4.78, 5) is 47.6. The molecule has 0 fully saturated rings. The Bertz CT molecular complexity index is 1950. The van der Waals surface area contributed by atoms with E-state index in [4.69, 9.17) is 0 Å². The molecule has 13 nitrogen and oxygen atoms in total. The number of rotatable bonds is 4. The number of benzene rings is 1. The van der Waals surface area contributed by atoms with Crippen molar-refractivity contribution in [2.24, 2.45) is 0 Å². The maximum Gasteiger partial charge on any atom is 0.331 e. The number of hydrogen-bond acceptors (Lipinski definition) is 8. The van der Waals surface area contributed by atoms with Crippen LogP contribution in [0.25, 0.3) is 57.5 Å². The minimum absolute atomic E-state index is 0.142. The van der Waals surface area contributed by atoms with Gasteiger partial charge in [0.25, 0.3) is 5.52 Å². The van der Waals surface area contributed by atoms with Crippen molar-refractivity contribution in [3.8, 4) is 11.1 Å². The van der Waals surface area contributed by atoms with Crippen molar-refractivity contribution >= 4 is 57.7 Å². The Morgan fingerprint density at radius 1 is 0.692 bits per heavy atom. The van der Waals surface area contributed by atoms with Crippen LogP contribution in [0.3, 0.4) is 0 Å². The third-order valence-corrected chi connectivity index (χ3v) is 6.18. The number of aromatic amines is 1. The first-order valence-corrected chi connectivity index (χ1v) is 11.5. The zero-order valence-electron chi connectivity index (χ0n) is 19.7. The lowest BCUT2D eigenvalue weighted by atomic mass is 10.1. The minimum atomic E-state index is -0.909. The first kappa shape index (κ1) is 23.4. The van der Waals surface area contributed by atoms with Gasteiger partial charge in [-0.15, -0.1) is 0 Å². The molecule has 13 heteroatoms. The Labute approximate surface area is 217 Å². The molecular formula is C26H15N7O6. The van der Waals surface area contributed by atoms with Gasteiger partial charge in [0.05, 0.1) is 32.5 Å². The van der Waals surface area contributed by atoms with Gasteiger partial charge in [-0.1, -0.05) is 30.3 Å². The van der Waals surface area contributed by atoms with Gasteiger partial charge in [-0.2, -0.15) is 0 Å². The lowest BCUT2D eigenvalue weighted by Crippen LogP contribution is -2.09. The monoisotopic (exact) mass is 521 g/mol. The lowest BCUT2D eigenvalue weighted by Gasteiger charge is -1.98. The van der Waals surface area contributed by atoms with Crippen LogP contribution in [0.2, 0.25) is 0 Å². The van der Waals surface area contributed by atoms with E-state index in [1.54, 1.807) is 66.7 Å². The molecule has 2 aliphatic rings. The highest BCUT2D eigenvalue weighted by Crippen LogP contribution is 2.44. The number of nitro groups is 3. The molecular weight excluding hydrogens is 506 g/mol. The van der Waals surface area contributed by atoms with Crippen molar-refractivity contribution in [3.05, 3.63) is 114 Å². The molecule has 0 saturated carbocycles. The van der Waals surface area contributed by atoms with Crippen molar-refractivity contribution in [2.75, 3.05) is 0 Å². The standard InChI is InChI=1S/C26H15N7O6/c34-31(35)24-21-11-10-19(29-21)13-18-7-6-16(27-18)12-17-8-9-20(28-17)14-22-23(15-4-2-1-3-5-15)25(32(36)37)26(24)30(22)33(38)39/h1-14,28H. The molecule has 5 heterocycles. The summed E-state index contributed by atoms with van der Waals surface area (Å²) in [6, 6.07) is 16.1. The van der Waals surface area contributed by atoms with Crippen LogP contribution in [-0.2, 0) is 0 Å². The number of aromatic nitrogens is 4. The summed E-state index contributed by atoms with van der Waals surface area (Å²) >= 11 is 0. The number of nitrogens with zero attached hydrogens (tertiary/aromatic N) is 6. The molecule has 3 aromatic heterocycles. The maximum absolute atomic E-state index is 12.5.